The second-order valence-corrected chi connectivity index (χ2v) is 5.40. The quantitative estimate of drug-likeness (QED) is 0.605. The number of hydrogen-bond donors (Lipinski definition) is 3. The molecule has 1 aromatic heterocycles. The maximum absolute atomic E-state index is 13.6. The maximum Gasteiger partial charge on any atom is 0.179 e. The molecule has 7 heteroatoms. The molecule has 1 heterocycles. The van der Waals surface area contributed by atoms with Crippen LogP contribution in [0.2, 0.25) is 0 Å². The molecule has 0 aliphatic rings. The van der Waals surface area contributed by atoms with Crippen molar-refractivity contribution in [2.45, 2.75) is 16.7 Å². The third-order valence-electron chi connectivity index (χ3n) is 2.88. The van der Waals surface area contributed by atoms with E-state index < -0.39 is 11.6 Å². The molecule has 4 nitrogen and oxygen atoms in total. The van der Waals surface area contributed by atoms with E-state index in [-0.39, 0.29) is 5.69 Å². The summed E-state index contributed by atoms with van der Waals surface area (Å²) < 4.78 is 13.6. The molecule has 0 aliphatic heterocycles. The molecule has 1 N–H and O–H groups in total. The molecule has 3 aromatic rings. The number of nitrogens with zero attached hydrogens (tertiary/aromatic N) is 3. The zero-order chi connectivity index (χ0) is 14.4. The van der Waals surface area contributed by atoms with Gasteiger partial charge in [-0.25, -0.2) is 4.39 Å². The molecule has 0 atom stereocenters. The van der Waals surface area contributed by atoms with Crippen molar-refractivity contribution < 1.29 is 9.50 Å². The standard InChI is InChI=1S/C13H10FN3OS2/c1-6-2-7(14)13(18)10(3-6)17-15-8-4-11(19)12(20)5-9(8)16-17/h2-5,18-20H,1H3. The number of phenols is 1. The molecule has 0 radical (unpaired) electrons. The van der Waals surface area contributed by atoms with Crippen LogP contribution in [0.3, 0.4) is 0 Å². The van der Waals surface area contributed by atoms with E-state index in [0.29, 0.717) is 26.4 Å². The van der Waals surface area contributed by atoms with Crippen molar-refractivity contribution in [1.29, 1.82) is 0 Å². The largest absolute Gasteiger partial charge is 0.503 e. The lowest BCUT2D eigenvalue weighted by Crippen LogP contribution is -2.00. The van der Waals surface area contributed by atoms with E-state index in [9.17, 15) is 9.50 Å². The van der Waals surface area contributed by atoms with Crippen molar-refractivity contribution in [2.24, 2.45) is 0 Å². The van der Waals surface area contributed by atoms with Gasteiger partial charge in [0, 0.05) is 9.79 Å². The Bertz CT molecular complexity index is 793. The van der Waals surface area contributed by atoms with Crippen LogP contribution in [0, 0.1) is 12.7 Å². The number of aryl methyl sites for hydroxylation is 1. The minimum atomic E-state index is -0.703. The number of fused-ring (bicyclic) bond motifs is 1. The first-order valence-electron chi connectivity index (χ1n) is 5.74. The molecule has 0 saturated carbocycles. The second-order valence-electron chi connectivity index (χ2n) is 4.43. The van der Waals surface area contributed by atoms with Gasteiger partial charge in [-0.05, 0) is 36.8 Å². The normalized spacial score (nSPS) is 11.2. The van der Waals surface area contributed by atoms with Crippen molar-refractivity contribution in [3.63, 3.8) is 0 Å². The fourth-order valence-corrected chi connectivity index (χ4v) is 2.29. The second kappa shape index (κ2) is 4.68. The van der Waals surface area contributed by atoms with Crippen molar-refractivity contribution in [3.05, 3.63) is 35.6 Å². The summed E-state index contributed by atoms with van der Waals surface area (Å²) in [6.07, 6.45) is 0. The maximum atomic E-state index is 13.6. The monoisotopic (exact) mass is 307 g/mol. The number of phenolic OH excluding ortho intramolecular Hbond substituents is 1. The number of hydrogen-bond acceptors (Lipinski definition) is 5. The fraction of sp³-hybridized carbons (Fsp3) is 0.0769. The van der Waals surface area contributed by atoms with E-state index in [1.165, 1.54) is 10.9 Å². The van der Waals surface area contributed by atoms with Gasteiger partial charge in [0.25, 0.3) is 0 Å². The fourth-order valence-electron chi connectivity index (χ4n) is 1.92. The molecule has 0 fully saturated rings. The lowest BCUT2D eigenvalue weighted by atomic mass is 10.2. The van der Waals surface area contributed by atoms with Gasteiger partial charge < -0.3 is 5.11 Å². The Kier molecular flexibility index (Phi) is 3.10. The number of aromatic nitrogens is 3. The summed E-state index contributed by atoms with van der Waals surface area (Å²) >= 11 is 8.52. The van der Waals surface area contributed by atoms with E-state index in [1.807, 2.05) is 0 Å². The number of benzene rings is 2. The van der Waals surface area contributed by atoms with E-state index in [4.69, 9.17) is 0 Å². The lowest BCUT2D eigenvalue weighted by molar-refractivity contribution is 0.426. The molecule has 2 aromatic carbocycles. The van der Waals surface area contributed by atoms with Crippen LogP contribution in [0.15, 0.2) is 34.1 Å². The first-order valence-corrected chi connectivity index (χ1v) is 6.63. The molecule has 0 amide bonds. The molecule has 0 unspecified atom stereocenters. The average molecular weight is 307 g/mol. The Morgan fingerprint density at radius 1 is 1.05 bits per heavy atom. The van der Waals surface area contributed by atoms with Crippen LogP contribution in [0.25, 0.3) is 16.7 Å². The molecule has 0 aliphatic carbocycles. The zero-order valence-corrected chi connectivity index (χ0v) is 12.2. The highest BCUT2D eigenvalue weighted by Crippen LogP contribution is 2.28. The van der Waals surface area contributed by atoms with Gasteiger partial charge >= 0.3 is 0 Å². The number of aromatic hydroxyl groups is 1. The summed E-state index contributed by atoms with van der Waals surface area (Å²) in [5.41, 5.74) is 2.05. The van der Waals surface area contributed by atoms with Crippen molar-refractivity contribution in [1.82, 2.24) is 15.0 Å². The molecule has 20 heavy (non-hydrogen) atoms. The summed E-state index contributed by atoms with van der Waals surface area (Å²) in [6.45, 7) is 1.73. The molecule has 0 bridgehead atoms. The molecular weight excluding hydrogens is 297 g/mol. The third-order valence-corrected chi connectivity index (χ3v) is 3.80. The van der Waals surface area contributed by atoms with Crippen LogP contribution in [0.4, 0.5) is 4.39 Å². The highest BCUT2D eigenvalue weighted by molar-refractivity contribution is 7.83. The Balaban J connectivity index is 2.25. The third kappa shape index (κ3) is 2.12. The van der Waals surface area contributed by atoms with Crippen LogP contribution in [-0.2, 0) is 0 Å². The van der Waals surface area contributed by atoms with Crippen LogP contribution in [0.5, 0.6) is 5.75 Å². The summed E-state index contributed by atoms with van der Waals surface area (Å²) in [6, 6.07) is 6.29. The van der Waals surface area contributed by atoms with Gasteiger partial charge in [-0.1, -0.05) is 0 Å². The van der Waals surface area contributed by atoms with Gasteiger partial charge in [0.05, 0.1) is 0 Å². The van der Waals surface area contributed by atoms with Gasteiger partial charge in [-0.2, -0.15) is 0 Å². The number of halogens is 1. The van der Waals surface area contributed by atoms with E-state index in [0.717, 1.165) is 0 Å². The van der Waals surface area contributed by atoms with E-state index in [1.54, 1.807) is 25.1 Å². The van der Waals surface area contributed by atoms with Crippen LogP contribution >= 0.6 is 25.3 Å². The predicted molar refractivity (Wildman–Crippen MR) is 79.7 cm³/mol. The molecular formula is C13H10FN3OS2. The first-order chi connectivity index (χ1) is 9.45. The van der Waals surface area contributed by atoms with Gasteiger partial charge in [-0.3, -0.25) is 0 Å². The molecule has 3 rings (SSSR count). The average Bonchev–Trinajstić information content (AvgIpc) is 2.77. The summed E-state index contributed by atoms with van der Waals surface area (Å²) in [7, 11) is 0. The Morgan fingerprint density at radius 2 is 1.60 bits per heavy atom. The van der Waals surface area contributed by atoms with Crippen molar-refractivity contribution >= 4 is 36.3 Å². The van der Waals surface area contributed by atoms with Crippen LogP contribution in [0.1, 0.15) is 5.56 Å². The lowest BCUT2D eigenvalue weighted by Gasteiger charge is -2.05. The minimum absolute atomic E-state index is 0.195. The SMILES string of the molecule is Cc1cc(F)c(O)c(-n2nc3cc(S)c(S)cc3n2)c1. The Hall–Kier alpha value is -1.73. The van der Waals surface area contributed by atoms with Crippen LogP contribution < -0.4 is 0 Å². The van der Waals surface area contributed by atoms with E-state index >= 15 is 0 Å². The number of thiol groups is 2. The Labute approximate surface area is 125 Å². The van der Waals surface area contributed by atoms with Crippen molar-refractivity contribution in [2.75, 3.05) is 0 Å². The van der Waals surface area contributed by atoms with Gasteiger partial charge in [-0.15, -0.1) is 40.3 Å². The van der Waals surface area contributed by atoms with Crippen LogP contribution in [-0.4, -0.2) is 20.1 Å². The minimum Gasteiger partial charge on any atom is -0.503 e. The first kappa shape index (κ1) is 13.3. The smallest absolute Gasteiger partial charge is 0.179 e. The Morgan fingerprint density at radius 3 is 2.15 bits per heavy atom. The zero-order valence-electron chi connectivity index (χ0n) is 10.4. The summed E-state index contributed by atoms with van der Waals surface area (Å²) in [5.74, 6) is -1.18. The van der Waals surface area contributed by atoms with Gasteiger partial charge in [0.2, 0.25) is 0 Å². The van der Waals surface area contributed by atoms with Gasteiger partial charge in [0.1, 0.15) is 16.7 Å². The topological polar surface area (TPSA) is 50.9 Å². The predicted octanol–water partition coefficient (Wildman–Crippen LogP) is 3.15. The number of rotatable bonds is 1. The van der Waals surface area contributed by atoms with E-state index in [2.05, 4.69) is 35.5 Å². The van der Waals surface area contributed by atoms with Gasteiger partial charge in [0.15, 0.2) is 11.6 Å². The molecule has 102 valence electrons. The summed E-state index contributed by atoms with van der Waals surface area (Å²) in [4.78, 5) is 2.55. The summed E-state index contributed by atoms with van der Waals surface area (Å²) in [5, 5.41) is 18.3. The highest BCUT2D eigenvalue weighted by atomic mass is 32.1. The highest BCUT2D eigenvalue weighted by Gasteiger charge is 2.14. The molecule has 0 spiro atoms. The van der Waals surface area contributed by atoms with Crippen molar-refractivity contribution in [3.8, 4) is 11.4 Å². The molecule has 0 saturated heterocycles.